The van der Waals surface area contributed by atoms with E-state index >= 15 is 0 Å². The minimum absolute atomic E-state index is 0.555. The molecule has 0 aliphatic heterocycles. The molecule has 0 amide bonds. The van der Waals surface area contributed by atoms with Crippen molar-refractivity contribution in [3.05, 3.63) is 0 Å². The van der Waals surface area contributed by atoms with Gasteiger partial charge in [0.2, 0.25) is 0 Å². The molecule has 5 heteroatoms. The van der Waals surface area contributed by atoms with Crippen molar-refractivity contribution in [1.82, 2.24) is 0 Å². The minimum Gasteiger partial charge on any atom is -0.301 e. The van der Waals surface area contributed by atoms with Crippen molar-refractivity contribution in [3.8, 4) is 0 Å². The van der Waals surface area contributed by atoms with E-state index in [1.807, 2.05) is 0 Å². The average Bonchev–Trinajstić information content (AvgIpc) is 2.45. The van der Waals surface area contributed by atoms with Crippen molar-refractivity contribution >= 4 is 18.2 Å². The molecule has 0 aliphatic carbocycles. The van der Waals surface area contributed by atoms with Crippen molar-refractivity contribution in [1.29, 1.82) is 0 Å². The van der Waals surface area contributed by atoms with Crippen LogP contribution in [0.4, 0.5) is 0 Å². The second kappa shape index (κ2) is 14.4. The van der Waals surface area contributed by atoms with Crippen molar-refractivity contribution in [2.75, 3.05) is 19.0 Å². The Morgan fingerprint density at radius 1 is 0.750 bits per heavy atom. The molecular weight excluding hydrogens is 291 g/mol. The van der Waals surface area contributed by atoms with Crippen LogP contribution >= 0.6 is 18.2 Å². The van der Waals surface area contributed by atoms with Crippen LogP contribution in [-0.4, -0.2) is 19.0 Å². The summed E-state index contributed by atoms with van der Waals surface area (Å²) in [5, 5.41) is 0. The van der Waals surface area contributed by atoms with E-state index in [9.17, 15) is 4.57 Å². The highest BCUT2D eigenvalue weighted by molar-refractivity contribution is 8.55. The molecule has 0 unspecified atom stereocenters. The summed E-state index contributed by atoms with van der Waals surface area (Å²) in [4.78, 5) is 0. The van der Waals surface area contributed by atoms with Gasteiger partial charge in [0, 0.05) is 5.75 Å². The zero-order chi connectivity index (χ0) is 15.1. The van der Waals surface area contributed by atoms with Gasteiger partial charge in [0.25, 0.3) is 0 Å². The molecule has 0 rings (SSSR count). The molecule has 3 nitrogen and oxygen atoms in total. The molecule has 0 atom stereocenters. The summed E-state index contributed by atoms with van der Waals surface area (Å²) in [6, 6.07) is 0. The fraction of sp³-hybridized carbons (Fsp3) is 1.00. The Bertz CT molecular complexity index is 211. The summed E-state index contributed by atoms with van der Waals surface area (Å²) in [6.07, 6.45) is 9.92. The lowest BCUT2D eigenvalue weighted by atomic mass is 10.3. The van der Waals surface area contributed by atoms with E-state index < -0.39 is 6.80 Å². The summed E-state index contributed by atoms with van der Waals surface area (Å²) < 4.78 is 23.8. The summed E-state index contributed by atoms with van der Waals surface area (Å²) in [7, 11) is 0. The molecule has 0 fully saturated rings. The van der Waals surface area contributed by atoms with Crippen LogP contribution in [0.1, 0.15) is 78.6 Å². The van der Waals surface area contributed by atoms with Gasteiger partial charge in [0.1, 0.15) is 0 Å². The van der Waals surface area contributed by atoms with Crippen LogP contribution in [-0.2, 0) is 13.6 Å². The number of unbranched alkanes of at least 4 members (excludes halogenated alkanes) is 6. The zero-order valence-corrected chi connectivity index (χ0v) is 15.3. The first-order valence-corrected chi connectivity index (χ1v) is 11.4. The van der Waals surface area contributed by atoms with E-state index in [4.69, 9.17) is 9.05 Å². The normalized spacial score (nSPS) is 11.9. The molecule has 0 saturated carbocycles. The molecule has 0 aromatic carbocycles. The van der Waals surface area contributed by atoms with Gasteiger partial charge in [-0.15, -0.1) is 0 Å². The van der Waals surface area contributed by atoms with Crippen LogP contribution in [0.2, 0.25) is 0 Å². The highest BCUT2D eigenvalue weighted by Crippen LogP contribution is 2.61. The van der Waals surface area contributed by atoms with Crippen LogP contribution in [0.3, 0.4) is 0 Å². The first kappa shape index (κ1) is 20.5. The predicted octanol–water partition coefficient (Wildman–Crippen LogP) is 6.43. The quantitative estimate of drug-likeness (QED) is 0.257. The Balaban J connectivity index is 4.02. The average molecular weight is 324 g/mol. The Morgan fingerprint density at radius 2 is 1.20 bits per heavy atom. The van der Waals surface area contributed by atoms with Gasteiger partial charge in [-0.25, -0.2) is 4.57 Å². The Morgan fingerprint density at radius 3 is 1.65 bits per heavy atom. The molecule has 0 aromatic rings. The summed E-state index contributed by atoms with van der Waals surface area (Å²) in [6.45, 7) is 4.67. The Kier molecular flexibility index (Phi) is 14.8. The topological polar surface area (TPSA) is 35.5 Å². The van der Waals surface area contributed by atoms with Gasteiger partial charge >= 0.3 is 6.80 Å². The molecule has 0 aliphatic rings. The van der Waals surface area contributed by atoms with E-state index in [0.29, 0.717) is 13.2 Å². The van der Waals surface area contributed by atoms with Gasteiger partial charge in [-0.1, -0.05) is 59.3 Å². The second-order valence-corrected chi connectivity index (χ2v) is 9.26. The lowest BCUT2D eigenvalue weighted by molar-refractivity contribution is 0.213. The molecule has 20 heavy (non-hydrogen) atoms. The highest BCUT2D eigenvalue weighted by atomic mass is 32.7. The first-order chi connectivity index (χ1) is 9.68. The third-order valence-corrected chi connectivity index (χ3v) is 6.91. The van der Waals surface area contributed by atoms with Crippen LogP contribution in [0.5, 0.6) is 0 Å². The Hall–Kier alpha value is 0.500. The van der Waals surface area contributed by atoms with Crippen LogP contribution < -0.4 is 0 Å². The van der Waals surface area contributed by atoms with E-state index in [1.54, 1.807) is 0 Å². The maximum atomic E-state index is 12.6. The maximum absolute atomic E-state index is 12.6. The smallest absolute Gasteiger partial charge is 0.301 e. The molecular formula is C15H33O3PS. The van der Waals surface area contributed by atoms with Crippen LogP contribution in [0.15, 0.2) is 0 Å². The first-order valence-electron chi connectivity index (χ1n) is 8.22. The summed E-state index contributed by atoms with van der Waals surface area (Å²) >= 11 is 1.39. The molecule has 0 radical (unpaired) electrons. The zero-order valence-electron chi connectivity index (χ0n) is 13.6. The van der Waals surface area contributed by atoms with E-state index in [2.05, 4.69) is 20.8 Å². The lowest BCUT2D eigenvalue weighted by Gasteiger charge is -2.17. The summed E-state index contributed by atoms with van der Waals surface area (Å²) in [5.74, 6) is 0.868. The molecule has 0 aromatic heterocycles. The summed E-state index contributed by atoms with van der Waals surface area (Å²) in [5.41, 5.74) is 0. The van der Waals surface area contributed by atoms with Gasteiger partial charge in [0.05, 0.1) is 13.2 Å². The van der Waals surface area contributed by atoms with Crippen molar-refractivity contribution in [2.24, 2.45) is 0 Å². The standard InChI is InChI=1S/C15H33O3PS/c1-4-7-10-13-17-19(16,18-14-11-8-5-2)20-15-12-9-6-3/h4-15H2,1-3H3. The van der Waals surface area contributed by atoms with Crippen molar-refractivity contribution in [3.63, 3.8) is 0 Å². The molecule has 0 spiro atoms. The largest absolute Gasteiger partial charge is 0.389 e. The molecule has 0 saturated heterocycles. The predicted molar refractivity (Wildman–Crippen MR) is 90.5 cm³/mol. The lowest BCUT2D eigenvalue weighted by Crippen LogP contribution is -1.98. The molecule has 0 heterocycles. The fourth-order valence-corrected chi connectivity index (χ4v) is 5.14. The molecule has 0 N–H and O–H groups in total. The molecule has 122 valence electrons. The van der Waals surface area contributed by atoms with E-state index in [0.717, 1.165) is 50.7 Å². The Labute approximate surface area is 129 Å². The van der Waals surface area contributed by atoms with Crippen molar-refractivity contribution in [2.45, 2.75) is 78.6 Å². The van der Waals surface area contributed by atoms with Crippen LogP contribution in [0, 0.1) is 0 Å². The van der Waals surface area contributed by atoms with Gasteiger partial charge in [0.15, 0.2) is 0 Å². The van der Waals surface area contributed by atoms with Gasteiger partial charge in [-0.3, -0.25) is 0 Å². The van der Waals surface area contributed by atoms with Gasteiger partial charge in [-0.05, 0) is 30.6 Å². The van der Waals surface area contributed by atoms with Crippen molar-refractivity contribution < 1.29 is 13.6 Å². The third-order valence-electron chi connectivity index (χ3n) is 2.99. The maximum Gasteiger partial charge on any atom is 0.389 e. The number of hydrogen-bond acceptors (Lipinski definition) is 4. The SMILES string of the molecule is CCCCCOP(=O)(OCCCCC)SCCCCC. The highest BCUT2D eigenvalue weighted by Gasteiger charge is 2.24. The van der Waals surface area contributed by atoms with Gasteiger partial charge < -0.3 is 9.05 Å². The van der Waals surface area contributed by atoms with E-state index in [-0.39, 0.29) is 0 Å². The minimum atomic E-state index is -2.92. The van der Waals surface area contributed by atoms with Crippen LogP contribution in [0.25, 0.3) is 0 Å². The molecule has 0 bridgehead atoms. The second-order valence-electron chi connectivity index (χ2n) is 5.07. The number of rotatable bonds is 15. The monoisotopic (exact) mass is 324 g/mol. The van der Waals surface area contributed by atoms with Gasteiger partial charge in [-0.2, -0.15) is 0 Å². The number of hydrogen-bond donors (Lipinski definition) is 0. The third kappa shape index (κ3) is 12.3. The van der Waals surface area contributed by atoms with E-state index in [1.165, 1.54) is 24.2 Å². The fourth-order valence-electron chi connectivity index (χ4n) is 1.70.